The third kappa shape index (κ3) is 3.46. The Kier molecular flexibility index (Phi) is 4.62. The van der Waals surface area contributed by atoms with E-state index < -0.39 is 0 Å². The highest BCUT2D eigenvalue weighted by molar-refractivity contribution is 7.80. The Hall–Kier alpha value is -2.66. The molecule has 1 fully saturated rings. The van der Waals surface area contributed by atoms with E-state index in [1.165, 1.54) is 10.5 Å². The van der Waals surface area contributed by atoms with Crippen molar-refractivity contribution in [3.05, 3.63) is 70.9 Å². The van der Waals surface area contributed by atoms with Gasteiger partial charge in [-0.3, -0.25) is 9.69 Å². The van der Waals surface area contributed by atoms with Gasteiger partial charge in [0.2, 0.25) is 0 Å². The van der Waals surface area contributed by atoms with Crippen LogP contribution in [0.4, 0.5) is 5.69 Å². The molecular weight excluding hydrogens is 318 g/mol. The molecule has 0 unspecified atom stereocenters. The number of thiocarbonyl (C=S) groups is 1. The summed E-state index contributed by atoms with van der Waals surface area (Å²) in [6.07, 6.45) is 1.81. The summed E-state index contributed by atoms with van der Waals surface area (Å²) in [6, 6.07) is 15.9. The summed E-state index contributed by atoms with van der Waals surface area (Å²) in [4.78, 5) is 14.1. The van der Waals surface area contributed by atoms with Crippen molar-refractivity contribution in [2.24, 2.45) is 0 Å². The maximum atomic E-state index is 12.5. The van der Waals surface area contributed by atoms with Crippen LogP contribution in [-0.2, 0) is 4.79 Å². The van der Waals surface area contributed by atoms with Crippen LogP contribution in [0, 0.1) is 13.8 Å². The van der Waals surface area contributed by atoms with Crippen LogP contribution < -0.4 is 10.6 Å². The van der Waals surface area contributed by atoms with Crippen molar-refractivity contribution in [2.45, 2.75) is 13.8 Å². The first-order chi connectivity index (χ1) is 11.5. The molecule has 0 atom stereocenters. The monoisotopic (exact) mass is 337 g/mol. The molecule has 122 valence electrons. The molecule has 24 heavy (non-hydrogen) atoms. The molecule has 3 rings (SSSR count). The number of hydrogen-bond acceptors (Lipinski definition) is 3. The fourth-order valence-electron chi connectivity index (χ4n) is 2.61. The first kappa shape index (κ1) is 16.2. The molecule has 2 aromatic carbocycles. The zero-order valence-corrected chi connectivity index (χ0v) is 14.5. The molecule has 1 aliphatic heterocycles. The highest BCUT2D eigenvalue weighted by atomic mass is 32.1. The van der Waals surface area contributed by atoms with Gasteiger partial charge in [0.15, 0.2) is 5.11 Å². The Morgan fingerprint density at radius 1 is 1.17 bits per heavy atom. The van der Waals surface area contributed by atoms with Gasteiger partial charge in [0, 0.05) is 5.69 Å². The van der Waals surface area contributed by atoms with E-state index in [0.717, 1.165) is 16.8 Å². The zero-order valence-electron chi connectivity index (χ0n) is 13.7. The average Bonchev–Trinajstić information content (AvgIpc) is 2.82. The SMILES string of the molecule is Cc1ccc(NCN2C(=O)/C(=C\c3ccccc3)NC2=S)c(C)c1. The van der Waals surface area contributed by atoms with Crippen LogP contribution in [0.5, 0.6) is 0 Å². The third-order valence-electron chi connectivity index (χ3n) is 3.88. The largest absolute Gasteiger partial charge is 0.367 e. The number of nitrogens with one attached hydrogen (secondary N) is 2. The third-order valence-corrected chi connectivity index (χ3v) is 4.20. The average molecular weight is 337 g/mol. The van der Waals surface area contributed by atoms with Crippen molar-refractivity contribution in [3.8, 4) is 0 Å². The second-order valence-electron chi connectivity index (χ2n) is 5.79. The normalized spacial score (nSPS) is 15.8. The Morgan fingerprint density at radius 2 is 1.92 bits per heavy atom. The van der Waals surface area contributed by atoms with Crippen molar-refractivity contribution >= 4 is 35.0 Å². The molecular formula is C19H19N3OS. The molecule has 0 aliphatic carbocycles. The van der Waals surface area contributed by atoms with E-state index in [0.29, 0.717) is 17.5 Å². The second-order valence-corrected chi connectivity index (χ2v) is 6.17. The van der Waals surface area contributed by atoms with Gasteiger partial charge in [-0.05, 0) is 49.3 Å². The first-order valence-electron chi connectivity index (χ1n) is 7.75. The van der Waals surface area contributed by atoms with E-state index in [9.17, 15) is 4.79 Å². The summed E-state index contributed by atoms with van der Waals surface area (Å²) in [5.41, 5.74) is 4.80. The van der Waals surface area contributed by atoms with Crippen LogP contribution in [0.1, 0.15) is 16.7 Å². The molecule has 0 radical (unpaired) electrons. The van der Waals surface area contributed by atoms with Crippen LogP contribution in [0.2, 0.25) is 0 Å². The quantitative estimate of drug-likeness (QED) is 0.663. The molecule has 2 aromatic rings. The number of carbonyl (C=O) groups is 1. The summed E-state index contributed by atoms with van der Waals surface area (Å²) in [5.74, 6) is -0.124. The molecule has 0 aromatic heterocycles. The molecule has 0 saturated carbocycles. The van der Waals surface area contributed by atoms with Crippen LogP contribution in [0.25, 0.3) is 6.08 Å². The lowest BCUT2D eigenvalue weighted by Crippen LogP contribution is -2.35. The first-order valence-corrected chi connectivity index (χ1v) is 8.16. The Labute approximate surface area is 147 Å². The van der Waals surface area contributed by atoms with E-state index in [-0.39, 0.29) is 5.91 Å². The molecule has 1 amide bonds. The fourth-order valence-corrected chi connectivity index (χ4v) is 2.86. The van der Waals surface area contributed by atoms with E-state index in [2.05, 4.69) is 23.6 Å². The topological polar surface area (TPSA) is 44.4 Å². The second kappa shape index (κ2) is 6.84. The summed E-state index contributed by atoms with van der Waals surface area (Å²) in [7, 11) is 0. The zero-order chi connectivity index (χ0) is 17.1. The minimum absolute atomic E-state index is 0.124. The van der Waals surface area contributed by atoms with Crippen LogP contribution in [0.3, 0.4) is 0 Å². The Balaban J connectivity index is 1.72. The highest BCUT2D eigenvalue weighted by Crippen LogP contribution is 2.18. The van der Waals surface area contributed by atoms with E-state index in [1.807, 2.05) is 55.5 Å². The molecule has 0 spiro atoms. The lowest BCUT2D eigenvalue weighted by atomic mass is 10.1. The lowest BCUT2D eigenvalue weighted by molar-refractivity contribution is -0.122. The van der Waals surface area contributed by atoms with Crippen molar-refractivity contribution < 1.29 is 4.79 Å². The standard InChI is InChI=1S/C19H19N3OS/c1-13-8-9-16(14(2)10-13)20-12-22-18(23)17(21-19(22)24)11-15-6-4-3-5-7-15/h3-11,20H,12H2,1-2H3,(H,21,24)/b17-11+. The smallest absolute Gasteiger partial charge is 0.278 e. The summed E-state index contributed by atoms with van der Waals surface area (Å²) >= 11 is 5.29. The lowest BCUT2D eigenvalue weighted by Gasteiger charge is -2.17. The van der Waals surface area contributed by atoms with Crippen molar-refractivity contribution in [1.82, 2.24) is 10.2 Å². The predicted octanol–water partition coefficient (Wildman–Crippen LogP) is 3.43. The van der Waals surface area contributed by atoms with Gasteiger partial charge >= 0.3 is 0 Å². The number of hydrogen-bond donors (Lipinski definition) is 2. The predicted molar refractivity (Wildman–Crippen MR) is 101 cm³/mol. The number of anilines is 1. The number of rotatable bonds is 4. The summed E-state index contributed by atoms with van der Waals surface area (Å²) in [5, 5.41) is 6.69. The number of nitrogens with zero attached hydrogens (tertiary/aromatic N) is 1. The van der Waals surface area contributed by atoms with Gasteiger partial charge in [-0.25, -0.2) is 0 Å². The number of aryl methyl sites for hydroxylation is 2. The van der Waals surface area contributed by atoms with Gasteiger partial charge in [0.1, 0.15) is 5.70 Å². The number of carbonyl (C=O) groups excluding carboxylic acids is 1. The van der Waals surface area contributed by atoms with Crippen LogP contribution >= 0.6 is 12.2 Å². The Morgan fingerprint density at radius 3 is 2.62 bits per heavy atom. The molecule has 5 heteroatoms. The van der Waals surface area contributed by atoms with Crippen molar-refractivity contribution in [2.75, 3.05) is 12.0 Å². The van der Waals surface area contributed by atoms with E-state index in [4.69, 9.17) is 12.2 Å². The van der Waals surface area contributed by atoms with E-state index in [1.54, 1.807) is 0 Å². The fraction of sp³-hybridized carbons (Fsp3) is 0.158. The maximum absolute atomic E-state index is 12.5. The summed E-state index contributed by atoms with van der Waals surface area (Å²) < 4.78 is 0. The molecule has 1 saturated heterocycles. The van der Waals surface area contributed by atoms with Gasteiger partial charge in [-0.1, -0.05) is 48.0 Å². The van der Waals surface area contributed by atoms with Gasteiger partial charge in [0.25, 0.3) is 5.91 Å². The van der Waals surface area contributed by atoms with Crippen molar-refractivity contribution in [1.29, 1.82) is 0 Å². The van der Waals surface area contributed by atoms with Gasteiger partial charge in [-0.2, -0.15) is 0 Å². The molecule has 0 bridgehead atoms. The van der Waals surface area contributed by atoms with Gasteiger partial charge in [-0.15, -0.1) is 0 Å². The highest BCUT2D eigenvalue weighted by Gasteiger charge is 2.30. The van der Waals surface area contributed by atoms with Gasteiger partial charge in [0.05, 0.1) is 6.67 Å². The number of amides is 1. The molecule has 4 nitrogen and oxygen atoms in total. The molecule has 2 N–H and O–H groups in total. The maximum Gasteiger partial charge on any atom is 0.278 e. The minimum atomic E-state index is -0.124. The summed E-state index contributed by atoms with van der Waals surface area (Å²) in [6.45, 7) is 4.43. The van der Waals surface area contributed by atoms with Crippen molar-refractivity contribution in [3.63, 3.8) is 0 Å². The van der Waals surface area contributed by atoms with Crippen LogP contribution in [-0.4, -0.2) is 22.6 Å². The number of benzene rings is 2. The van der Waals surface area contributed by atoms with Crippen LogP contribution in [0.15, 0.2) is 54.2 Å². The van der Waals surface area contributed by atoms with E-state index >= 15 is 0 Å². The molecule has 1 heterocycles. The molecule has 1 aliphatic rings. The Bertz CT molecular complexity index is 815. The van der Waals surface area contributed by atoms with Gasteiger partial charge < -0.3 is 10.6 Å². The minimum Gasteiger partial charge on any atom is -0.367 e.